The van der Waals surface area contributed by atoms with E-state index in [0.717, 1.165) is 38.9 Å². The van der Waals surface area contributed by atoms with E-state index in [0.29, 0.717) is 5.56 Å². The molecule has 0 unspecified atom stereocenters. The van der Waals surface area contributed by atoms with Crippen LogP contribution >= 0.6 is 12.2 Å². The molecule has 0 spiro atoms. The van der Waals surface area contributed by atoms with Crippen molar-refractivity contribution in [1.29, 1.82) is 0 Å². The fourth-order valence-electron chi connectivity index (χ4n) is 3.50. The summed E-state index contributed by atoms with van der Waals surface area (Å²) >= 11 is 5.35. The van der Waals surface area contributed by atoms with Crippen molar-refractivity contribution in [3.8, 4) is 11.4 Å². The van der Waals surface area contributed by atoms with Crippen LogP contribution in [0, 0.1) is 0 Å². The van der Waals surface area contributed by atoms with E-state index in [9.17, 15) is 4.79 Å². The molecule has 0 aliphatic heterocycles. The van der Waals surface area contributed by atoms with Crippen LogP contribution in [0.5, 0.6) is 0 Å². The maximum Gasteiger partial charge on any atom is 0.257 e. The molecule has 1 aromatic heterocycles. The minimum absolute atomic E-state index is 0.236. The number of anilines is 1. The molecule has 1 heterocycles. The molecular weight excluding hydrogens is 404 g/mol. The van der Waals surface area contributed by atoms with Crippen molar-refractivity contribution in [1.82, 2.24) is 15.3 Å². The van der Waals surface area contributed by atoms with Crippen molar-refractivity contribution in [3.05, 3.63) is 96.6 Å². The fourth-order valence-corrected chi connectivity index (χ4v) is 3.71. The molecule has 5 rings (SSSR count). The summed E-state index contributed by atoms with van der Waals surface area (Å²) in [6, 6.07) is 29.1. The number of H-pyrrole nitrogens is 1. The van der Waals surface area contributed by atoms with E-state index in [-0.39, 0.29) is 11.0 Å². The van der Waals surface area contributed by atoms with E-state index >= 15 is 0 Å². The highest BCUT2D eigenvalue weighted by Crippen LogP contribution is 2.23. The van der Waals surface area contributed by atoms with E-state index in [4.69, 9.17) is 12.2 Å². The lowest BCUT2D eigenvalue weighted by atomic mass is 10.1. The van der Waals surface area contributed by atoms with E-state index in [1.165, 1.54) is 0 Å². The third-order valence-corrected chi connectivity index (χ3v) is 5.23. The first-order valence-corrected chi connectivity index (χ1v) is 10.2. The molecule has 0 aliphatic carbocycles. The zero-order valence-electron chi connectivity index (χ0n) is 16.4. The van der Waals surface area contributed by atoms with Gasteiger partial charge in [0.05, 0.1) is 11.0 Å². The Hall–Kier alpha value is -4.03. The van der Waals surface area contributed by atoms with Crippen LogP contribution < -0.4 is 10.6 Å². The van der Waals surface area contributed by atoms with E-state index in [1.807, 2.05) is 84.9 Å². The van der Waals surface area contributed by atoms with Gasteiger partial charge in [-0.2, -0.15) is 0 Å². The predicted octanol–water partition coefficient (Wildman–Crippen LogP) is 5.51. The highest BCUT2D eigenvalue weighted by Gasteiger charge is 2.10. The standard InChI is InChI=1S/C25H18N4OS/c30-24(19-13-12-16-6-1-2-7-17(16)14-19)29-25(31)26-20-9-5-8-18(15-20)23-27-21-10-3-4-11-22(21)28-23/h1-15H,(H,27,28)(H2,26,29,30,31). The van der Waals surface area contributed by atoms with Gasteiger partial charge < -0.3 is 10.3 Å². The molecule has 0 fully saturated rings. The van der Waals surface area contributed by atoms with Crippen LogP contribution in [0.4, 0.5) is 5.69 Å². The van der Waals surface area contributed by atoms with E-state index in [1.54, 1.807) is 6.07 Å². The van der Waals surface area contributed by atoms with Crippen LogP contribution in [0.25, 0.3) is 33.2 Å². The smallest absolute Gasteiger partial charge is 0.257 e. The Labute approximate surface area is 184 Å². The molecule has 0 atom stereocenters. The Balaban J connectivity index is 1.30. The molecule has 6 heteroatoms. The van der Waals surface area contributed by atoms with Crippen molar-refractivity contribution in [2.24, 2.45) is 0 Å². The number of aromatic nitrogens is 2. The molecule has 31 heavy (non-hydrogen) atoms. The van der Waals surface area contributed by atoms with E-state index < -0.39 is 0 Å². The average molecular weight is 423 g/mol. The molecule has 0 bridgehead atoms. The maximum atomic E-state index is 12.6. The normalized spacial score (nSPS) is 10.8. The molecule has 1 amide bonds. The number of carbonyl (C=O) groups is 1. The third-order valence-electron chi connectivity index (χ3n) is 5.02. The average Bonchev–Trinajstić information content (AvgIpc) is 3.23. The first kappa shape index (κ1) is 19.0. The van der Waals surface area contributed by atoms with Gasteiger partial charge in [-0.25, -0.2) is 4.98 Å². The summed E-state index contributed by atoms with van der Waals surface area (Å²) < 4.78 is 0. The van der Waals surface area contributed by atoms with Gasteiger partial charge in [0, 0.05) is 16.8 Å². The molecule has 5 nitrogen and oxygen atoms in total. The van der Waals surface area contributed by atoms with Gasteiger partial charge in [0.25, 0.3) is 5.91 Å². The summed E-state index contributed by atoms with van der Waals surface area (Å²) in [5, 5.41) is 8.16. The molecule has 0 saturated carbocycles. The Morgan fingerprint density at radius 3 is 2.52 bits per heavy atom. The number of amides is 1. The Kier molecular flexibility index (Phi) is 4.90. The molecule has 0 aliphatic rings. The Morgan fingerprint density at radius 2 is 1.65 bits per heavy atom. The number of thiocarbonyl (C=S) groups is 1. The molecular formula is C25H18N4OS. The second kappa shape index (κ2) is 8.01. The highest BCUT2D eigenvalue weighted by molar-refractivity contribution is 7.80. The second-order valence-corrected chi connectivity index (χ2v) is 7.56. The number of hydrogen-bond donors (Lipinski definition) is 3. The summed E-state index contributed by atoms with van der Waals surface area (Å²) in [5.74, 6) is 0.521. The van der Waals surface area contributed by atoms with Crippen molar-refractivity contribution >= 4 is 50.7 Å². The number of carbonyl (C=O) groups excluding carboxylic acids is 1. The first-order chi connectivity index (χ1) is 15.2. The number of nitrogens with one attached hydrogen (secondary N) is 3. The van der Waals surface area contributed by atoms with Gasteiger partial charge in [0.2, 0.25) is 0 Å². The van der Waals surface area contributed by atoms with Crippen molar-refractivity contribution in [3.63, 3.8) is 0 Å². The molecule has 150 valence electrons. The first-order valence-electron chi connectivity index (χ1n) is 9.82. The van der Waals surface area contributed by atoms with Gasteiger partial charge in [0.1, 0.15) is 5.82 Å². The minimum Gasteiger partial charge on any atom is -0.338 e. The van der Waals surface area contributed by atoms with Gasteiger partial charge in [-0.15, -0.1) is 0 Å². The highest BCUT2D eigenvalue weighted by atomic mass is 32.1. The largest absolute Gasteiger partial charge is 0.338 e. The van der Waals surface area contributed by atoms with Crippen molar-refractivity contribution in [2.45, 2.75) is 0 Å². The zero-order valence-corrected chi connectivity index (χ0v) is 17.2. The third kappa shape index (κ3) is 4.01. The maximum absolute atomic E-state index is 12.6. The number of imidazole rings is 1. The number of hydrogen-bond acceptors (Lipinski definition) is 3. The Morgan fingerprint density at radius 1 is 0.839 bits per heavy atom. The van der Waals surface area contributed by atoms with Crippen LogP contribution in [-0.2, 0) is 0 Å². The SMILES string of the molecule is O=C(NC(=S)Nc1cccc(-c2nc3ccccc3[nH]2)c1)c1ccc2ccccc2c1. The number of fused-ring (bicyclic) bond motifs is 2. The number of benzene rings is 4. The minimum atomic E-state index is -0.253. The quantitative estimate of drug-likeness (QED) is 0.335. The molecule has 4 aromatic carbocycles. The lowest BCUT2D eigenvalue weighted by molar-refractivity contribution is 0.0978. The lowest BCUT2D eigenvalue weighted by Gasteiger charge is -2.11. The molecule has 5 aromatic rings. The summed E-state index contributed by atoms with van der Waals surface area (Å²) in [6.45, 7) is 0. The summed E-state index contributed by atoms with van der Waals surface area (Å²) in [6.07, 6.45) is 0. The molecule has 0 radical (unpaired) electrons. The number of rotatable bonds is 3. The number of aromatic amines is 1. The monoisotopic (exact) mass is 422 g/mol. The molecule has 0 saturated heterocycles. The number of nitrogens with zero attached hydrogens (tertiary/aromatic N) is 1. The topological polar surface area (TPSA) is 69.8 Å². The number of para-hydroxylation sites is 2. The summed E-state index contributed by atoms with van der Waals surface area (Å²) in [5.41, 5.74) is 4.13. The van der Waals surface area contributed by atoms with Gasteiger partial charge in [-0.05, 0) is 59.4 Å². The van der Waals surface area contributed by atoms with Gasteiger partial charge >= 0.3 is 0 Å². The second-order valence-electron chi connectivity index (χ2n) is 7.15. The van der Waals surface area contributed by atoms with Crippen molar-refractivity contribution < 1.29 is 4.79 Å². The summed E-state index contributed by atoms with van der Waals surface area (Å²) in [7, 11) is 0. The van der Waals surface area contributed by atoms with E-state index in [2.05, 4.69) is 20.6 Å². The lowest BCUT2D eigenvalue weighted by Crippen LogP contribution is -2.34. The zero-order chi connectivity index (χ0) is 21.2. The van der Waals surface area contributed by atoms with Crippen LogP contribution in [0.1, 0.15) is 10.4 Å². The van der Waals surface area contributed by atoms with Gasteiger partial charge in [0.15, 0.2) is 5.11 Å². The van der Waals surface area contributed by atoms with Crippen LogP contribution in [0.3, 0.4) is 0 Å². The van der Waals surface area contributed by atoms with Gasteiger partial charge in [-0.1, -0.05) is 54.6 Å². The Bertz CT molecular complexity index is 1410. The van der Waals surface area contributed by atoms with Gasteiger partial charge in [-0.3, -0.25) is 10.1 Å². The summed E-state index contributed by atoms with van der Waals surface area (Å²) in [4.78, 5) is 20.6. The van der Waals surface area contributed by atoms with Crippen LogP contribution in [0.2, 0.25) is 0 Å². The fraction of sp³-hybridized carbons (Fsp3) is 0. The predicted molar refractivity (Wildman–Crippen MR) is 129 cm³/mol. The molecule has 3 N–H and O–H groups in total. The van der Waals surface area contributed by atoms with Crippen LogP contribution in [0.15, 0.2) is 91.0 Å². The van der Waals surface area contributed by atoms with Crippen LogP contribution in [-0.4, -0.2) is 21.0 Å². The van der Waals surface area contributed by atoms with Crippen molar-refractivity contribution in [2.75, 3.05) is 5.32 Å².